The highest BCUT2D eigenvalue weighted by Gasteiger charge is 2.02. The molecule has 3 nitrogen and oxygen atoms in total. The fraction of sp³-hybridized carbons (Fsp3) is 0.154. The highest BCUT2D eigenvalue weighted by Crippen LogP contribution is 2.16. The number of thioether (sulfide) groups is 1. The number of benzene rings is 1. The number of hydrogen-bond donors (Lipinski definition) is 2. The molecule has 0 spiro atoms. The summed E-state index contributed by atoms with van der Waals surface area (Å²) >= 11 is 1.72. The molecule has 1 aliphatic heterocycles. The first-order chi connectivity index (χ1) is 8.34. The van der Waals surface area contributed by atoms with Crippen LogP contribution in [0.2, 0.25) is 0 Å². The maximum absolute atomic E-state index is 5.55. The molecule has 0 unspecified atom stereocenters. The van der Waals surface area contributed by atoms with E-state index in [1.807, 2.05) is 18.2 Å². The van der Waals surface area contributed by atoms with Gasteiger partial charge in [-0.25, -0.2) is 0 Å². The van der Waals surface area contributed by atoms with E-state index in [0.717, 1.165) is 17.2 Å². The molecule has 88 valence electrons. The largest absolute Gasteiger partial charge is 0.385 e. The fourth-order valence-corrected chi connectivity index (χ4v) is 2.08. The second-order valence-corrected chi connectivity index (χ2v) is 4.67. The van der Waals surface area contributed by atoms with Gasteiger partial charge in [0.25, 0.3) is 0 Å². The zero-order valence-electron chi connectivity index (χ0n) is 9.47. The average Bonchev–Trinajstić information content (AvgIpc) is 2.38. The van der Waals surface area contributed by atoms with Crippen molar-refractivity contribution in [1.82, 2.24) is 5.43 Å². The van der Waals surface area contributed by atoms with Gasteiger partial charge < -0.3 is 5.73 Å². The van der Waals surface area contributed by atoms with E-state index in [1.165, 1.54) is 5.56 Å². The standard InChI is InChI=1S/C13H15N3S/c14-12-8-9-13(16-15-12)17-10-4-7-11-5-2-1-3-6-11/h1-7,9,16H,8,10H2,(H2,14,15)/b7-4+. The van der Waals surface area contributed by atoms with Crippen LogP contribution >= 0.6 is 11.8 Å². The molecule has 0 saturated carbocycles. The molecule has 0 aliphatic carbocycles. The molecule has 1 heterocycles. The van der Waals surface area contributed by atoms with Gasteiger partial charge in [-0.2, -0.15) is 5.10 Å². The van der Waals surface area contributed by atoms with Crippen LogP contribution in [-0.2, 0) is 0 Å². The summed E-state index contributed by atoms with van der Waals surface area (Å²) in [4.78, 5) is 0. The van der Waals surface area contributed by atoms with Crippen LogP contribution in [0.1, 0.15) is 12.0 Å². The van der Waals surface area contributed by atoms with Gasteiger partial charge in [0, 0.05) is 12.2 Å². The molecule has 2 rings (SSSR count). The Bertz CT molecular complexity index is 449. The minimum absolute atomic E-state index is 0.633. The van der Waals surface area contributed by atoms with Crippen LogP contribution in [0, 0.1) is 0 Å². The van der Waals surface area contributed by atoms with E-state index in [-0.39, 0.29) is 0 Å². The van der Waals surface area contributed by atoms with Crippen LogP contribution < -0.4 is 11.2 Å². The second kappa shape index (κ2) is 6.15. The zero-order valence-corrected chi connectivity index (χ0v) is 10.3. The SMILES string of the molecule is NC1=NNC(SC/C=C/c2ccccc2)=CC1. The third-order valence-electron chi connectivity index (χ3n) is 2.25. The summed E-state index contributed by atoms with van der Waals surface area (Å²) in [5, 5.41) is 5.05. The summed E-state index contributed by atoms with van der Waals surface area (Å²) in [6.45, 7) is 0. The molecule has 4 heteroatoms. The van der Waals surface area contributed by atoms with Crippen LogP contribution in [-0.4, -0.2) is 11.6 Å². The Morgan fingerprint density at radius 1 is 1.35 bits per heavy atom. The summed E-state index contributed by atoms with van der Waals surface area (Å²) in [5.41, 5.74) is 9.69. The highest BCUT2D eigenvalue weighted by molar-refractivity contribution is 8.03. The Morgan fingerprint density at radius 2 is 2.18 bits per heavy atom. The third-order valence-corrected chi connectivity index (χ3v) is 3.18. The third kappa shape index (κ3) is 4.00. The molecule has 0 atom stereocenters. The lowest BCUT2D eigenvalue weighted by Gasteiger charge is -2.10. The Kier molecular flexibility index (Phi) is 4.27. The first-order valence-corrected chi connectivity index (χ1v) is 6.46. The normalized spacial score (nSPS) is 15.3. The lowest BCUT2D eigenvalue weighted by molar-refractivity contribution is 0.910. The molecular formula is C13H15N3S. The van der Waals surface area contributed by atoms with E-state index in [0.29, 0.717) is 5.84 Å². The van der Waals surface area contributed by atoms with Gasteiger partial charge in [0.2, 0.25) is 0 Å². The van der Waals surface area contributed by atoms with Gasteiger partial charge in [0.05, 0.1) is 5.03 Å². The smallest absolute Gasteiger partial charge is 0.123 e. The predicted molar refractivity (Wildman–Crippen MR) is 75.4 cm³/mol. The molecule has 0 amide bonds. The molecule has 1 aromatic carbocycles. The summed E-state index contributed by atoms with van der Waals surface area (Å²) in [6.07, 6.45) is 7.05. The lowest BCUT2D eigenvalue weighted by atomic mass is 10.2. The number of nitrogens with zero attached hydrogens (tertiary/aromatic N) is 1. The van der Waals surface area contributed by atoms with Gasteiger partial charge in [-0.15, -0.1) is 11.8 Å². The maximum Gasteiger partial charge on any atom is 0.123 e. The molecule has 17 heavy (non-hydrogen) atoms. The van der Waals surface area contributed by atoms with Crippen molar-refractivity contribution >= 4 is 23.7 Å². The zero-order chi connectivity index (χ0) is 11.9. The first kappa shape index (κ1) is 11.8. The number of hydrogen-bond acceptors (Lipinski definition) is 4. The lowest BCUT2D eigenvalue weighted by Crippen LogP contribution is -2.20. The molecule has 1 aromatic rings. The molecule has 1 aliphatic rings. The van der Waals surface area contributed by atoms with Crippen molar-refractivity contribution in [3.8, 4) is 0 Å². The van der Waals surface area contributed by atoms with Gasteiger partial charge in [0.15, 0.2) is 0 Å². The first-order valence-electron chi connectivity index (χ1n) is 5.47. The van der Waals surface area contributed by atoms with Crippen molar-refractivity contribution in [2.24, 2.45) is 10.8 Å². The van der Waals surface area contributed by atoms with E-state index in [4.69, 9.17) is 5.73 Å². The number of amidine groups is 1. The average molecular weight is 245 g/mol. The van der Waals surface area contributed by atoms with E-state index < -0.39 is 0 Å². The van der Waals surface area contributed by atoms with Gasteiger partial charge in [-0.3, -0.25) is 5.43 Å². The molecular weight excluding hydrogens is 230 g/mol. The van der Waals surface area contributed by atoms with Gasteiger partial charge in [-0.1, -0.05) is 42.5 Å². The number of nitrogens with one attached hydrogen (secondary N) is 1. The monoisotopic (exact) mass is 245 g/mol. The maximum atomic E-state index is 5.55. The molecule has 0 saturated heterocycles. The molecule has 3 N–H and O–H groups in total. The highest BCUT2D eigenvalue weighted by atomic mass is 32.2. The molecule has 0 bridgehead atoms. The summed E-state index contributed by atoms with van der Waals surface area (Å²) in [6, 6.07) is 10.3. The predicted octanol–water partition coefficient (Wildman–Crippen LogP) is 2.54. The van der Waals surface area contributed by atoms with Crippen LogP contribution in [0.5, 0.6) is 0 Å². The number of rotatable bonds is 4. The van der Waals surface area contributed by atoms with Crippen molar-refractivity contribution in [3.63, 3.8) is 0 Å². The Balaban J connectivity index is 1.75. The summed E-state index contributed by atoms with van der Waals surface area (Å²) in [7, 11) is 0. The van der Waals surface area contributed by atoms with Crippen molar-refractivity contribution in [1.29, 1.82) is 0 Å². The van der Waals surface area contributed by atoms with E-state index in [9.17, 15) is 0 Å². The van der Waals surface area contributed by atoms with Crippen molar-refractivity contribution < 1.29 is 0 Å². The van der Waals surface area contributed by atoms with Crippen LogP contribution in [0.15, 0.2) is 52.6 Å². The molecule has 0 radical (unpaired) electrons. The van der Waals surface area contributed by atoms with Crippen molar-refractivity contribution in [3.05, 3.63) is 53.1 Å². The van der Waals surface area contributed by atoms with Crippen LogP contribution in [0.25, 0.3) is 6.08 Å². The van der Waals surface area contributed by atoms with Gasteiger partial charge in [-0.05, 0) is 11.6 Å². The Morgan fingerprint density at radius 3 is 2.88 bits per heavy atom. The minimum atomic E-state index is 0.633. The minimum Gasteiger partial charge on any atom is -0.385 e. The number of hydrazone groups is 1. The molecule has 0 fully saturated rings. The van der Waals surface area contributed by atoms with Crippen molar-refractivity contribution in [2.75, 3.05) is 5.75 Å². The van der Waals surface area contributed by atoms with Crippen LogP contribution in [0.3, 0.4) is 0 Å². The number of nitrogens with two attached hydrogens (primary N) is 1. The van der Waals surface area contributed by atoms with Gasteiger partial charge in [0.1, 0.15) is 5.84 Å². The van der Waals surface area contributed by atoms with Gasteiger partial charge >= 0.3 is 0 Å². The summed E-state index contributed by atoms with van der Waals surface area (Å²) < 4.78 is 0. The topological polar surface area (TPSA) is 50.4 Å². The second-order valence-electron chi connectivity index (χ2n) is 3.61. The van der Waals surface area contributed by atoms with E-state index in [2.05, 4.69) is 40.9 Å². The summed E-state index contributed by atoms with van der Waals surface area (Å²) in [5.74, 6) is 1.55. The van der Waals surface area contributed by atoms with E-state index >= 15 is 0 Å². The van der Waals surface area contributed by atoms with Crippen LogP contribution in [0.4, 0.5) is 0 Å². The van der Waals surface area contributed by atoms with Crippen molar-refractivity contribution in [2.45, 2.75) is 6.42 Å². The molecule has 0 aromatic heterocycles. The Labute approximate surface area is 105 Å². The fourth-order valence-electron chi connectivity index (χ4n) is 1.39. The quantitative estimate of drug-likeness (QED) is 0.857. The van der Waals surface area contributed by atoms with E-state index in [1.54, 1.807) is 11.8 Å². The Hall–Kier alpha value is -1.68.